The number of halogens is 5. The molecule has 27 heavy (non-hydrogen) atoms. The van der Waals surface area contributed by atoms with Crippen LogP contribution in [-0.4, -0.2) is 15.7 Å². The molecule has 5 nitrogen and oxygen atoms in total. The van der Waals surface area contributed by atoms with E-state index in [-0.39, 0.29) is 25.1 Å². The van der Waals surface area contributed by atoms with Gasteiger partial charge in [-0.3, -0.25) is 9.59 Å². The molecule has 3 aromatic rings. The Bertz CT molecular complexity index is 1100. The summed E-state index contributed by atoms with van der Waals surface area (Å²) in [6, 6.07) is 9.03. The molecule has 0 aliphatic carbocycles. The Morgan fingerprint density at radius 2 is 1.52 bits per heavy atom. The normalized spacial score (nSPS) is 10.7. The maximum Gasteiger partial charge on any atom is 0.291 e. The molecule has 1 N–H and O–H groups in total. The summed E-state index contributed by atoms with van der Waals surface area (Å²) in [6.07, 6.45) is 1.26. The molecule has 0 saturated heterocycles. The van der Waals surface area contributed by atoms with Crippen LogP contribution in [0.5, 0.6) is 0 Å². The lowest BCUT2D eigenvalue weighted by Crippen LogP contribution is -2.21. The highest BCUT2D eigenvalue weighted by Gasteiger charge is 2.13. The molecular formula is C17H8Cl5N3O2. The van der Waals surface area contributed by atoms with E-state index in [2.05, 4.69) is 10.4 Å². The number of carbonyl (C=O) groups excluding carboxylic acids is 1. The first-order valence-corrected chi connectivity index (χ1v) is 9.16. The third-order valence-corrected chi connectivity index (χ3v) is 5.29. The number of carbonyl (C=O) groups is 1. The van der Waals surface area contributed by atoms with Crippen molar-refractivity contribution in [2.75, 3.05) is 5.32 Å². The van der Waals surface area contributed by atoms with E-state index in [4.69, 9.17) is 58.0 Å². The van der Waals surface area contributed by atoms with Crippen molar-refractivity contribution in [2.24, 2.45) is 0 Å². The van der Waals surface area contributed by atoms with E-state index in [9.17, 15) is 9.59 Å². The van der Waals surface area contributed by atoms with Crippen LogP contribution < -0.4 is 10.9 Å². The molecule has 3 rings (SSSR count). The van der Waals surface area contributed by atoms with Gasteiger partial charge in [-0.15, -0.1) is 0 Å². The van der Waals surface area contributed by atoms with Gasteiger partial charge < -0.3 is 5.32 Å². The summed E-state index contributed by atoms with van der Waals surface area (Å²) < 4.78 is 1.08. The van der Waals surface area contributed by atoms with E-state index >= 15 is 0 Å². The fraction of sp³-hybridized carbons (Fsp3) is 0. The van der Waals surface area contributed by atoms with Crippen molar-refractivity contribution in [3.63, 3.8) is 0 Å². The topological polar surface area (TPSA) is 64.0 Å². The number of aromatic nitrogens is 2. The molecule has 2 aromatic carbocycles. The minimum atomic E-state index is -0.566. The SMILES string of the molecule is O=C(Nc1cc(Cl)c(Cl)cc1Cl)c1ccc(-n2ncc(Cl)c(Cl)c2=O)cc1. The van der Waals surface area contributed by atoms with Crippen LogP contribution in [0.4, 0.5) is 5.69 Å². The molecule has 0 aliphatic heterocycles. The second-order valence-corrected chi connectivity index (χ2v) is 7.28. The number of amides is 1. The average molecular weight is 464 g/mol. The monoisotopic (exact) mass is 461 g/mol. The number of rotatable bonds is 3. The van der Waals surface area contributed by atoms with Crippen molar-refractivity contribution >= 4 is 69.6 Å². The minimum absolute atomic E-state index is 0.0624. The Labute approximate surface area is 178 Å². The highest BCUT2D eigenvalue weighted by atomic mass is 35.5. The van der Waals surface area contributed by atoms with Crippen molar-refractivity contribution in [1.29, 1.82) is 0 Å². The number of hydrogen-bond donors (Lipinski definition) is 1. The highest BCUT2D eigenvalue weighted by molar-refractivity contribution is 6.44. The van der Waals surface area contributed by atoms with Gasteiger partial charge in [0.05, 0.1) is 37.7 Å². The lowest BCUT2D eigenvalue weighted by atomic mass is 10.2. The van der Waals surface area contributed by atoms with Gasteiger partial charge in [0.15, 0.2) is 0 Å². The lowest BCUT2D eigenvalue weighted by Gasteiger charge is -2.10. The summed E-state index contributed by atoms with van der Waals surface area (Å²) in [5.74, 6) is -0.420. The smallest absolute Gasteiger partial charge is 0.291 e. The molecule has 0 bridgehead atoms. The predicted molar refractivity (Wildman–Crippen MR) is 109 cm³/mol. The predicted octanol–water partition coefficient (Wildman–Crippen LogP) is 5.75. The summed E-state index contributed by atoms with van der Waals surface area (Å²) in [6.45, 7) is 0. The van der Waals surface area contributed by atoms with Gasteiger partial charge in [-0.25, -0.2) is 0 Å². The number of anilines is 1. The quantitative estimate of drug-likeness (QED) is 0.503. The largest absolute Gasteiger partial charge is 0.321 e. The first kappa shape index (κ1) is 20.0. The standard InChI is InChI=1S/C17H8Cl5N3O2/c18-10-5-12(20)14(6-11(10)19)24-16(26)8-1-3-9(4-2-8)25-17(27)15(22)13(21)7-23-25/h1-7H,(H,24,26). The first-order chi connectivity index (χ1) is 12.8. The fourth-order valence-corrected chi connectivity index (χ4v) is 3.01. The maximum absolute atomic E-state index is 12.4. The van der Waals surface area contributed by atoms with Gasteiger partial charge in [-0.2, -0.15) is 9.78 Å². The molecule has 0 saturated carbocycles. The van der Waals surface area contributed by atoms with Crippen LogP contribution in [0.25, 0.3) is 5.69 Å². The zero-order valence-electron chi connectivity index (χ0n) is 13.1. The maximum atomic E-state index is 12.4. The molecular weight excluding hydrogens is 455 g/mol. The average Bonchev–Trinajstić information content (AvgIpc) is 2.64. The van der Waals surface area contributed by atoms with Crippen LogP contribution in [0.3, 0.4) is 0 Å². The Hall–Kier alpha value is -1.76. The Balaban J connectivity index is 1.86. The van der Waals surface area contributed by atoms with Crippen LogP contribution in [0, 0.1) is 0 Å². The van der Waals surface area contributed by atoms with Crippen LogP contribution in [-0.2, 0) is 0 Å². The van der Waals surface area contributed by atoms with Crippen molar-refractivity contribution in [2.45, 2.75) is 0 Å². The van der Waals surface area contributed by atoms with E-state index in [1.807, 2.05) is 0 Å². The molecule has 1 aromatic heterocycles. The lowest BCUT2D eigenvalue weighted by molar-refractivity contribution is 0.102. The number of nitrogens with zero attached hydrogens (tertiary/aromatic N) is 2. The van der Waals surface area contributed by atoms with Crippen LogP contribution in [0.15, 0.2) is 47.4 Å². The van der Waals surface area contributed by atoms with E-state index in [0.717, 1.165) is 4.68 Å². The van der Waals surface area contributed by atoms with Gasteiger partial charge >= 0.3 is 0 Å². The number of hydrogen-bond acceptors (Lipinski definition) is 3. The number of nitrogens with one attached hydrogen (secondary N) is 1. The van der Waals surface area contributed by atoms with E-state index in [1.54, 1.807) is 12.1 Å². The van der Waals surface area contributed by atoms with Crippen molar-refractivity contribution in [3.05, 3.63) is 83.6 Å². The molecule has 0 aliphatic rings. The Morgan fingerprint density at radius 3 is 2.19 bits per heavy atom. The molecule has 0 unspecified atom stereocenters. The van der Waals surface area contributed by atoms with Crippen LogP contribution in [0.2, 0.25) is 25.1 Å². The molecule has 0 fully saturated rings. The first-order valence-electron chi connectivity index (χ1n) is 7.27. The summed E-state index contributed by atoms with van der Waals surface area (Å²) >= 11 is 29.5. The molecule has 0 atom stereocenters. The molecule has 10 heteroatoms. The molecule has 1 heterocycles. The molecule has 0 radical (unpaired) electrons. The molecule has 138 valence electrons. The molecule has 0 spiro atoms. The van der Waals surface area contributed by atoms with Gasteiger partial charge in [0.1, 0.15) is 5.02 Å². The summed E-state index contributed by atoms with van der Waals surface area (Å²) in [4.78, 5) is 24.5. The fourth-order valence-electron chi connectivity index (χ4n) is 2.16. The van der Waals surface area contributed by atoms with Crippen LogP contribution in [0.1, 0.15) is 10.4 Å². The second kappa shape index (κ2) is 8.09. The van der Waals surface area contributed by atoms with E-state index < -0.39 is 11.5 Å². The van der Waals surface area contributed by atoms with Crippen LogP contribution >= 0.6 is 58.0 Å². The van der Waals surface area contributed by atoms with Gasteiger partial charge in [-0.1, -0.05) is 58.0 Å². The summed E-state index contributed by atoms with van der Waals surface area (Å²) in [7, 11) is 0. The van der Waals surface area contributed by atoms with Crippen molar-refractivity contribution < 1.29 is 4.79 Å². The molecule has 1 amide bonds. The zero-order chi connectivity index (χ0) is 19.7. The highest BCUT2D eigenvalue weighted by Crippen LogP contribution is 2.32. The van der Waals surface area contributed by atoms with Gasteiger partial charge in [-0.05, 0) is 36.4 Å². The summed E-state index contributed by atoms with van der Waals surface area (Å²) in [5, 5.41) is 7.29. The third-order valence-electron chi connectivity index (χ3n) is 3.51. The van der Waals surface area contributed by atoms with E-state index in [1.165, 1.54) is 30.5 Å². The Morgan fingerprint density at radius 1 is 0.889 bits per heavy atom. The minimum Gasteiger partial charge on any atom is -0.321 e. The number of benzene rings is 2. The van der Waals surface area contributed by atoms with Gasteiger partial charge in [0, 0.05) is 5.56 Å². The van der Waals surface area contributed by atoms with Gasteiger partial charge in [0.2, 0.25) is 0 Å². The third kappa shape index (κ3) is 4.23. The van der Waals surface area contributed by atoms with Gasteiger partial charge in [0.25, 0.3) is 11.5 Å². The Kier molecular flexibility index (Phi) is 5.99. The van der Waals surface area contributed by atoms with Crippen molar-refractivity contribution in [3.8, 4) is 5.69 Å². The summed E-state index contributed by atoms with van der Waals surface area (Å²) in [5.41, 5.74) is 0.503. The zero-order valence-corrected chi connectivity index (χ0v) is 16.9. The van der Waals surface area contributed by atoms with E-state index in [0.29, 0.717) is 16.9 Å². The second-order valence-electron chi connectivity index (χ2n) is 5.27. The van der Waals surface area contributed by atoms with Crippen molar-refractivity contribution in [1.82, 2.24) is 9.78 Å².